The van der Waals surface area contributed by atoms with Crippen LogP contribution in [0.2, 0.25) is 0 Å². The third-order valence-electron chi connectivity index (χ3n) is 8.17. The average molecular weight is 367 g/mol. The molecule has 3 heteroatoms. The van der Waals surface area contributed by atoms with Crippen LogP contribution in [0, 0.1) is 23.2 Å². The van der Waals surface area contributed by atoms with Crippen LogP contribution in [-0.4, -0.2) is 36.5 Å². The second kappa shape index (κ2) is 6.34. The molecule has 0 spiro atoms. The number of hydrogen-bond acceptors (Lipinski definition) is 2. The third-order valence-corrected chi connectivity index (χ3v) is 8.17. The van der Waals surface area contributed by atoms with Crippen molar-refractivity contribution in [2.75, 3.05) is 19.6 Å². The summed E-state index contributed by atoms with van der Waals surface area (Å²) in [6.45, 7) is 7.74. The largest absolute Gasteiger partial charge is 0.340 e. The minimum absolute atomic E-state index is 0.195. The van der Waals surface area contributed by atoms with E-state index in [4.69, 9.17) is 0 Å². The lowest BCUT2D eigenvalue weighted by molar-refractivity contribution is -0.147. The molecule has 0 aromatic heterocycles. The predicted octanol–water partition coefficient (Wildman–Crippen LogP) is 3.98. The third kappa shape index (κ3) is 2.93. The van der Waals surface area contributed by atoms with Crippen molar-refractivity contribution in [2.24, 2.45) is 23.2 Å². The summed E-state index contributed by atoms with van der Waals surface area (Å²) in [5.41, 5.74) is 1.47. The molecule has 1 amide bonds. The fraction of sp³-hybridized carbons (Fsp3) is 0.708. The van der Waals surface area contributed by atoms with Crippen molar-refractivity contribution < 1.29 is 4.79 Å². The Kier molecular flexibility index (Phi) is 4.16. The maximum absolute atomic E-state index is 13.7. The van der Waals surface area contributed by atoms with Crippen LogP contribution in [0.25, 0.3) is 0 Å². The number of rotatable bonds is 2. The van der Waals surface area contributed by atoms with Crippen LogP contribution in [0.1, 0.15) is 57.9 Å². The first-order chi connectivity index (χ1) is 13.0. The summed E-state index contributed by atoms with van der Waals surface area (Å²) in [6.07, 6.45) is 7.16. The second-order valence-corrected chi connectivity index (χ2v) is 10.5. The number of amides is 1. The van der Waals surface area contributed by atoms with Gasteiger partial charge in [-0.2, -0.15) is 0 Å². The number of nitrogens with one attached hydrogen (secondary N) is 1. The van der Waals surface area contributed by atoms with Gasteiger partial charge in [-0.25, -0.2) is 0 Å². The molecule has 1 aromatic rings. The fourth-order valence-electron chi connectivity index (χ4n) is 7.48. The summed E-state index contributed by atoms with van der Waals surface area (Å²) < 4.78 is 0. The van der Waals surface area contributed by atoms with Crippen LogP contribution in [0.15, 0.2) is 30.3 Å². The normalized spacial score (nSPS) is 43.6. The van der Waals surface area contributed by atoms with Gasteiger partial charge < -0.3 is 10.2 Å². The van der Waals surface area contributed by atoms with E-state index >= 15 is 0 Å². The molecule has 0 radical (unpaired) electrons. The number of benzene rings is 1. The van der Waals surface area contributed by atoms with Gasteiger partial charge in [-0.1, -0.05) is 44.2 Å². The Morgan fingerprint density at radius 1 is 1.15 bits per heavy atom. The fourth-order valence-corrected chi connectivity index (χ4v) is 7.48. The standard InChI is InChI=1S/C24H34N2O/c1-17-10-18-12-23(2,22(27)26-14-19-8-9-25-21(19)15-26)16-24(11-17,13-18)20-6-4-3-5-7-20/h3-7,17-19,21,25H,8-16H2,1-2H3. The van der Waals surface area contributed by atoms with E-state index in [1.807, 2.05) is 0 Å². The van der Waals surface area contributed by atoms with Gasteiger partial charge in [-0.3, -0.25) is 4.79 Å². The van der Waals surface area contributed by atoms with E-state index in [9.17, 15) is 4.79 Å². The lowest BCUT2D eigenvalue weighted by atomic mass is 9.50. The molecule has 146 valence electrons. The maximum atomic E-state index is 13.7. The molecule has 2 saturated heterocycles. The highest BCUT2D eigenvalue weighted by molar-refractivity contribution is 5.83. The van der Waals surface area contributed by atoms with Crippen molar-refractivity contribution in [3.05, 3.63) is 35.9 Å². The molecular weight excluding hydrogens is 332 g/mol. The Bertz CT molecular complexity index is 702. The van der Waals surface area contributed by atoms with Crippen molar-refractivity contribution in [3.63, 3.8) is 0 Å². The lowest BCUT2D eigenvalue weighted by Gasteiger charge is -2.54. The summed E-state index contributed by atoms with van der Waals surface area (Å²) in [5, 5.41) is 3.60. The van der Waals surface area contributed by atoms with E-state index in [1.54, 1.807) is 0 Å². The van der Waals surface area contributed by atoms with E-state index in [0.717, 1.165) is 38.4 Å². The Morgan fingerprint density at radius 3 is 2.74 bits per heavy atom. The number of nitrogens with zero attached hydrogens (tertiary/aromatic N) is 1. The molecule has 4 fully saturated rings. The summed E-state index contributed by atoms with van der Waals surface area (Å²) in [7, 11) is 0. The molecular formula is C24H34N2O. The molecule has 5 rings (SSSR count). The molecule has 6 unspecified atom stereocenters. The van der Waals surface area contributed by atoms with Crippen LogP contribution in [0.5, 0.6) is 0 Å². The molecule has 2 heterocycles. The topological polar surface area (TPSA) is 32.3 Å². The van der Waals surface area contributed by atoms with Gasteiger partial charge in [0.1, 0.15) is 0 Å². The van der Waals surface area contributed by atoms with E-state index in [-0.39, 0.29) is 10.8 Å². The van der Waals surface area contributed by atoms with Crippen molar-refractivity contribution in [3.8, 4) is 0 Å². The predicted molar refractivity (Wildman–Crippen MR) is 108 cm³/mol. The quantitative estimate of drug-likeness (QED) is 0.859. The summed E-state index contributed by atoms with van der Waals surface area (Å²) >= 11 is 0. The van der Waals surface area contributed by atoms with Gasteiger partial charge >= 0.3 is 0 Å². The molecule has 2 bridgehead atoms. The van der Waals surface area contributed by atoms with Gasteiger partial charge in [0.25, 0.3) is 0 Å². The van der Waals surface area contributed by atoms with Gasteiger partial charge in [0.2, 0.25) is 5.91 Å². The number of hydrogen-bond donors (Lipinski definition) is 1. The number of carbonyl (C=O) groups is 1. The van der Waals surface area contributed by atoms with E-state index < -0.39 is 0 Å². The van der Waals surface area contributed by atoms with Crippen molar-refractivity contribution in [1.29, 1.82) is 0 Å². The summed E-state index contributed by atoms with van der Waals surface area (Å²) in [6, 6.07) is 11.7. The Labute approximate surface area is 163 Å². The Balaban J connectivity index is 1.44. The van der Waals surface area contributed by atoms with E-state index in [1.165, 1.54) is 31.2 Å². The van der Waals surface area contributed by atoms with Gasteiger partial charge in [-0.05, 0) is 73.8 Å². The van der Waals surface area contributed by atoms with E-state index in [0.29, 0.717) is 23.8 Å². The zero-order valence-corrected chi connectivity index (χ0v) is 16.9. The van der Waals surface area contributed by atoms with E-state index in [2.05, 4.69) is 54.4 Å². The molecule has 4 aliphatic rings. The van der Waals surface area contributed by atoms with Crippen molar-refractivity contribution >= 4 is 5.91 Å². The van der Waals surface area contributed by atoms with Gasteiger partial charge in [0, 0.05) is 24.5 Å². The number of fused-ring (bicyclic) bond motifs is 3. The zero-order chi connectivity index (χ0) is 18.6. The van der Waals surface area contributed by atoms with Gasteiger partial charge in [-0.15, -0.1) is 0 Å². The van der Waals surface area contributed by atoms with Crippen molar-refractivity contribution in [1.82, 2.24) is 10.2 Å². The number of carbonyl (C=O) groups excluding carboxylic acids is 1. The highest BCUT2D eigenvalue weighted by Crippen LogP contribution is 2.58. The zero-order valence-electron chi connectivity index (χ0n) is 16.9. The lowest BCUT2D eigenvalue weighted by Crippen LogP contribution is -2.53. The molecule has 6 atom stereocenters. The maximum Gasteiger partial charge on any atom is 0.228 e. The Morgan fingerprint density at radius 2 is 1.96 bits per heavy atom. The molecule has 1 aromatic carbocycles. The molecule has 2 aliphatic heterocycles. The van der Waals surface area contributed by atoms with Crippen LogP contribution >= 0.6 is 0 Å². The highest BCUT2D eigenvalue weighted by Gasteiger charge is 2.55. The highest BCUT2D eigenvalue weighted by atomic mass is 16.2. The van der Waals surface area contributed by atoms with Crippen LogP contribution in [0.4, 0.5) is 0 Å². The van der Waals surface area contributed by atoms with Crippen LogP contribution in [-0.2, 0) is 10.2 Å². The SMILES string of the molecule is CC1CC2CC(C)(C(=O)N3CC4CCNC4C3)CC(c3ccccc3)(C1)C2. The second-order valence-electron chi connectivity index (χ2n) is 10.5. The minimum atomic E-state index is -0.197. The smallest absolute Gasteiger partial charge is 0.228 e. The first-order valence-corrected chi connectivity index (χ1v) is 11.1. The first-order valence-electron chi connectivity index (χ1n) is 11.1. The number of likely N-dealkylation sites (tertiary alicyclic amines) is 1. The summed E-state index contributed by atoms with van der Waals surface area (Å²) in [5.74, 6) is 2.58. The summed E-state index contributed by atoms with van der Waals surface area (Å²) in [4.78, 5) is 16.0. The molecule has 1 N–H and O–H groups in total. The molecule has 2 aliphatic carbocycles. The van der Waals surface area contributed by atoms with Gasteiger partial charge in [0.15, 0.2) is 0 Å². The van der Waals surface area contributed by atoms with Gasteiger partial charge in [0.05, 0.1) is 0 Å². The monoisotopic (exact) mass is 366 g/mol. The van der Waals surface area contributed by atoms with Crippen LogP contribution < -0.4 is 5.32 Å². The molecule has 2 saturated carbocycles. The van der Waals surface area contributed by atoms with Crippen molar-refractivity contribution in [2.45, 2.75) is 63.8 Å². The molecule has 3 nitrogen and oxygen atoms in total. The van der Waals surface area contributed by atoms with Crippen LogP contribution in [0.3, 0.4) is 0 Å². The molecule has 27 heavy (non-hydrogen) atoms. The first kappa shape index (κ1) is 17.7. The minimum Gasteiger partial charge on any atom is -0.340 e. The average Bonchev–Trinajstić information content (AvgIpc) is 3.22. The Hall–Kier alpha value is -1.35.